The molecule has 0 bridgehead atoms. The molecule has 2 aliphatic carbocycles. The number of hydrogen-bond acceptors (Lipinski definition) is 5. The molecule has 1 N–H and O–H groups in total. The van der Waals surface area contributed by atoms with Gasteiger partial charge in [-0.3, -0.25) is 4.79 Å². The number of benzene rings is 7. The number of aliphatic hydroxyl groups is 1. The molecule has 0 amide bonds. The zero-order valence-corrected chi connectivity index (χ0v) is 37.3. The number of fused-ring (bicyclic) bond motifs is 6. The summed E-state index contributed by atoms with van der Waals surface area (Å²) in [6.07, 6.45) is 4.83. The van der Waals surface area contributed by atoms with Gasteiger partial charge in [0, 0.05) is 71.9 Å². The number of carbonyl (C=O) groups is 1. The van der Waals surface area contributed by atoms with Crippen LogP contribution < -0.4 is 9.80 Å². The Hall–Kier alpha value is -6.85. The van der Waals surface area contributed by atoms with E-state index in [0.29, 0.717) is 0 Å². The molecule has 1 radical (unpaired) electrons. The Bertz CT molecular complexity index is 2790. The van der Waals surface area contributed by atoms with Crippen LogP contribution in [0.5, 0.6) is 0 Å². The van der Waals surface area contributed by atoms with Gasteiger partial charge in [-0.05, 0) is 146 Å². The molecule has 1 heterocycles. The number of carbonyl (C=O) groups excluding carboxylic acids is 1. The van der Waals surface area contributed by atoms with Crippen molar-refractivity contribution in [2.24, 2.45) is 0 Å². The Balaban J connectivity index is 0.000000612. The number of para-hydroxylation sites is 4. The normalized spacial score (nSPS) is 14.4. The van der Waals surface area contributed by atoms with E-state index in [1.165, 1.54) is 64.6 Å². The molecule has 7 aromatic carbocycles. The molecule has 1 unspecified atom stereocenters. The SMILES string of the molecule is CC(=O)/C=C(/C)O.Cc1cc2c(cc1N(c1ccccc1)c1ccccc1)C1(Cc3c[c-]c(-c4ccccn4)cc3C1)c1cc(N(c3ccccc3)c3ccccc3)ccc1-2.[Ir]. The molecule has 0 fully saturated rings. The van der Waals surface area contributed by atoms with Crippen molar-refractivity contribution in [1.82, 2.24) is 4.98 Å². The van der Waals surface area contributed by atoms with Crippen molar-refractivity contribution in [1.29, 1.82) is 0 Å². The Kier molecular flexibility index (Phi) is 12.2. The summed E-state index contributed by atoms with van der Waals surface area (Å²) in [7, 11) is 0. The Morgan fingerprint density at radius 1 is 0.613 bits per heavy atom. The van der Waals surface area contributed by atoms with Crippen molar-refractivity contribution in [3.05, 3.63) is 234 Å². The Labute approximate surface area is 378 Å². The van der Waals surface area contributed by atoms with Crippen LogP contribution in [0, 0.1) is 13.0 Å². The molecule has 62 heavy (non-hydrogen) atoms. The number of anilines is 6. The second-order valence-corrected chi connectivity index (χ2v) is 15.9. The summed E-state index contributed by atoms with van der Waals surface area (Å²) < 4.78 is 0. The smallest absolute Gasteiger partial charge is 0.155 e. The minimum absolute atomic E-state index is 0. The van der Waals surface area contributed by atoms with Crippen LogP contribution in [0.2, 0.25) is 0 Å². The molecule has 8 aromatic rings. The fourth-order valence-electron chi connectivity index (χ4n) is 9.14. The number of aromatic nitrogens is 1. The van der Waals surface area contributed by atoms with Crippen LogP contribution in [-0.4, -0.2) is 15.9 Å². The topological polar surface area (TPSA) is 56.7 Å². The van der Waals surface area contributed by atoms with Crippen LogP contribution in [-0.2, 0) is 43.2 Å². The molecule has 5 nitrogen and oxygen atoms in total. The third-order valence-corrected chi connectivity index (χ3v) is 11.7. The van der Waals surface area contributed by atoms with E-state index in [-0.39, 0.29) is 37.1 Å². The second-order valence-electron chi connectivity index (χ2n) is 15.9. The quantitative estimate of drug-likeness (QED) is 0.0934. The van der Waals surface area contributed by atoms with Gasteiger partial charge < -0.3 is 19.9 Å². The summed E-state index contributed by atoms with van der Waals surface area (Å²) in [5.41, 5.74) is 18.0. The van der Waals surface area contributed by atoms with Gasteiger partial charge in [0.15, 0.2) is 5.78 Å². The predicted octanol–water partition coefficient (Wildman–Crippen LogP) is 13.9. The van der Waals surface area contributed by atoms with Crippen molar-refractivity contribution in [3.8, 4) is 22.4 Å². The minimum atomic E-state index is -0.264. The monoisotopic (exact) mass is 985 g/mol. The number of aryl methyl sites for hydroxylation is 1. The number of hydrogen-bond donors (Lipinski definition) is 1. The maximum absolute atomic E-state index is 10.0. The summed E-state index contributed by atoms with van der Waals surface area (Å²) in [4.78, 5) is 19.5. The number of allylic oxidation sites excluding steroid dienone is 2. The maximum Gasteiger partial charge on any atom is 0.155 e. The Morgan fingerprint density at radius 2 is 1.15 bits per heavy atom. The molecule has 1 aromatic heterocycles. The molecule has 307 valence electrons. The summed E-state index contributed by atoms with van der Waals surface area (Å²) in [6, 6.07) is 69.3. The van der Waals surface area contributed by atoms with Gasteiger partial charge in [-0.2, -0.15) is 0 Å². The summed E-state index contributed by atoms with van der Waals surface area (Å²) in [6.45, 7) is 5.11. The molecule has 2 aliphatic rings. The second kappa shape index (κ2) is 18.0. The van der Waals surface area contributed by atoms with E-state index in [2.05, 4.69) is 204 Å². The fourth-order valence-corrected chi connectivity index (χ4v) is 9.14. The number of pyridine rings is 1. The van der Waals surface area contributed by atoms with Gasteiger partial charge in [-0.15, -0.1) is 34.9 Å². The first-order valence-corrected chi connectivity index (χ1v) is 20.7. The number of rotatable bonds is 8. The largest absolute Gasteiger partial charge is 0.512 e. The van der Waals surface area contributed by atoms with Crippen LogP contribution >= 0.6 is 0 Å². The molecule has 10 rings (SSSR count). The van der Waals surface area contributed by atoms with Crippen LogP contribution in [0.1, 0.15) is 41.7 Å². The van der Waals surface area contributed by atoms with Gasteiger partial charge >= 0.3 is 0 Å². The zero-order valence-electron chi connectivity index (χ0n) is 34.9. The molecule has 6 heteroatoms. The molecular weight excluding hydrogens is 939 g/mol. The first-order valence-electron chi connectivity index (χ1n) is 20.7. The standard InChI is InChI=1S/C51H38N3.C5H8O2.Ir/c1-36-30-46-45-28-27-44(53(40-16-6-2-7-17-40)41-18-8-3-9-19-41)32-47(45)51(34-38-26-25-37(31-39(38)35-51)49-24-14-15-29-52-49)48(46)33-50(36)54(42-20-10-4-11-21-42)43-22-12-5-13-23-43;1-4(6)3-5(2)7;/h2-24,26-33H,34-35H2,1H3;3,6H,1-2H3;/q-1;;/b;4-3-;. The maximum atomic E-state index is 10.0. The van der Waals surface area contributed by atoms with E-state index >= 15 is 0 Å². The van der Waals surface area contributed by atoms with Crippen molar-refractivity contribution in [3.63, 3.8) is 0 Å². The van der Waals surface area contributed by atoms with Crippen LogP contribution in [0.25, 0.3) is 22.4 Å². The van der Waals surface area contributed by atoms with E-state index in [9.17, 15) is 4.79 Å². The zero-order chi connectivity index (χ0) is 41.9. The summed E-state index contributed by atoms with van der Waals surface area (Å²) >= 11 is 0. The fraction of sp³-hybridized carbons (Fsp3) is 0.107. The molecule has 1 atom stereocenters. The summed E-state index contributed by atoms with van der Waals surface area (Å²) in [5.74, 6) is -0.0625. The van der Waals surface area contributed by atoms with E-state index in [1.54, 1.807) is 0 Å². The first-order chi connectivity index (χ1) is 29.8. The molecular formula is C56H46IrN3O2-. The predicted molar refractivity (Wildman–Crippen MR) is 250 cm³/mol. The minimum Gasteiger partial charge on any atom is -0.512 e. The van der Waals surface area contributed by atoms with Gasteiger partial charge in [0.05, 0.1) is 5.76 Å². The van der Waals surface area contributed by atoms with Gasteiger partial charge in [0.1, 0.15) is 0 Å². The van der Waals surface area contributed by atoms with Gasteiger partial charge in [-0.1, -0.05) is 91.0 Å². The van der Waals surface area contributed by atoms with Gasteiger partial charge in [0.2, 0.25) is 0 Å². The molecule has 0 aliphatic heterocycles. The van der Waals surface area contributed by atoms with E-state index in [0.717, 1.165) is 52.5 Å². The van der Waals surface area contributed by atoms with Crippen molar-refractivity contribution in [2.45, 2.75) is 39.0 Å². The number of aliphatic hydroxyl groups excluding tert-OH is 1. The third-order valence-electron chi connectivity index (χ3n) is 11.7. The third kappa shape index (κ3) is 8.15. The molecule has 0 saturated heterocycles. The van der Waals surface area contributed by atoms with Gasteiger partial charge in [0.25, 0.3) is 0 Å². The summed E-state index contributed by atoms with van der Waals surface area (Å²) in [5, 5.41) is 8.36. The van der Waals surface area contributed by atoms with E-state index in [1.807, 2.05) is 12.3 Å². The van der Waals surface area contributed by atoms with E-state index in [4.69, 9.17) is 5.11 Å². The van der Waals surface area contributed by atoms with Gasteiger partial charge in [-0.25, -0.2) is 0 Å². The first kappa shape index (κ1) is 41.9. The average molecular weight is 985 g/mol. The van der Waals surface area contributed by atoms with Crippen molar-refractivity contribution >= 4 is 39.9 Å². The van der Waals surface area contributed by atoms with Crippen molar-refractivity contribution in [2.75, 3.05) is 9.80 Å². The average Bonchev–Trinajstić information content (AvgIpc) is 3.79. The molecule has 1 spiro atoms. The van der Waals surface area contributed by atoms with Crippen LogP contribution in [0.15, 0.2) is 200 Å². The van der Waals surface area contributed by atoms with Crippen LogP contribution in [0.3, 0.4) is 0 Å². The molecule has 0 saturated carbocycles. The number of ketones is 1. The van der Waals surface area contributed by atoms with E-state index < -0.39 is 0 Å². The number of nitrogens with zero attached hydrogens (tertiary/aromatic N) is 3. The van der Waals surface area contributed by atoms with Crippen LogP contribution in [0.4, 0.5) is 34.1 Å². The Morgan fingerprint density at radius 3 is 1.66 bits per heavy atom. The van der Waals surface area contributed by atoms with Crippen molar-refractivity contribution < 1.29 is 30.0 Å².